The first-order valence-electron chi connectivity index (χ1n) is 4.99. The number of pyridine rings is 1. The molecular formula is C12H12N2O2. The fraction of sp³-hybridized carbons (Fsp3) is 0.167. The molecule has 0 saturated heterocycles. The Labute approximate surface area is 92.7 Å². The molecule has 0 aliphatic carbocycles. The van der Waals surface area contributed by atoms with Crippen molar-refractivity contribution in [2.45, 2.75) is 12.5 Å². The molecule has 0 unspecified atom stereocenters. The predicted octanol–water partition coefficient (Wildman–Crippen LogP) is 1.19. The monoisotopic (exact) mass is 216 g/mol. The van der Waals surface area contributed by atoms with Crippen LogP contribution >= 0.6 is 0 Å². The van der Waals surface area contributed by atoms with Gasteiger partial charge in [-0.25, -0.2) is 0 Å². The normalized spacial score (nSPS) is 12.6. The lowest BCUT2D eigenvalue weighted by Crippen LogP contribution is -2.32. The minimum absolute atomic E-state index is 0.333. The van der Waals surface area contributed by atoms with Gasteiger partial charge in [0.2, 0.25) is 0 Å². The first-order valence-corrected chi connectivity index (χ1v) is 4.99. The van der Waals surface area contributed by atoms with Crippen LogP contribution in [0.2, 0.25) is 0 Å². The Bertz CT molecular complexity index is 525. The molecule has 4 nitrogen and oxygen atoms in total. The SMILES string of the molecule is N[C@H](Cc1ccc2ncccc2c1)C(=O)O. The summed E-state index contributed by atoms with van der Waals surface area (Å²) in [5.74, 6) is -0.980. The van der Waals surface area contributed by atoms with Gasteiger partial charge in [-0.2, -0.15) is 0 Å². The summed E-state index contributed by atoms with van der Waals surface area (Å²) in [4.78, 5) is 14.8. The molecule has 0 aliphatic rings. The number of hydrogen-bond acceptors (Lipinski definition) is 3. The number of fused-ring (bicyclic) bond motifs is 1. The minimum atomic E-state index is -0.980. The maximum Gasteiger partial charge on any atom is 0.320 e. The number of hydrogen-bond donors (Lipinski definition) is 2. The van der Waals surface area contributed by atoms with Crippen LogP contribution in [0.4, 0.5) is 0 Å². The highest BCUT2D eigenvalue weighted by Crippen LogP contribution is 2.14. The summed E-state index contributed by atoms with van der Waals surface area (Å²) in [6, 6.07) is 8.60. The highest BCUT2D eigenvalue weighted by Gasteiger charge is 2.12. The van der Waals surface area contributed by atoms with Crippen LogP contribution in [0, 0.1) is 0 Å². The summed E-state index contributed by atoms with van der Waals surface area (Å²) in [7, 11) is 0. The molecule has 0 radical (unpaired) electrons. The number of aromatic nitrogens is 1. The second-order valence-corrected chi connectivity index (χ2v) is 3.68. The number of carboxylic acid groups (broad SMARTS) is 1. The van der Waals surface area contributed by atoms with Crippen molar-refractivity contribution in [1.29, 1.82) is 0 Å². The quantitative estimate of drug-likeness (QED) is 0.808. The molecule has 1 aromatic heterocycles. The third-order valence-electron chi connectivity index (χ3n) is 2.44. The van der Waals surface area contributed by atoms with Crippen molar-refractivity contribution in [3.8, 4) is 0 Å². The number of nitrogens with two attached hydrogens (primary N) is 1. The van der Waals surface area contributed by atoms with Crippen LogP contribution in [0.3, 0.4) is 0 Å². The molecule has 1 atom stereocenters. The maximum absolute atomic E-state index is 10.6. The van der Waals surface area contributed by atoms with Gasteiger partial charge < -0.3 is 10.8 Å². The summed E-state index contributed by atoms with van der Waals surface area (Å²) in [6.07, 6.45) is 2.06. The topological polar surface area (TPSA) is 76.2 Å². The summed E-state index contributed by atoms with van der Waals surface area (Å²) < 4.78 is 0. The van der Waals surface area contributed by atoms with Gasteiger partial charge in [0.05, 0.1) is 5.52 Å². The van der Waals surface area contributed by atoms with Gasteiger partial charge in [-0.1, -0.05) is 12.1 Å². The van der Waals surface area contributed by atoms with Gasteiger partial charge in [-0.15, -0.1) is 0 Å². The van der Waals surface area contributed by atoms with Crippen LogP contribution in [0.25, 0.3) is 10.9 Å². The zero-order valence-electron chi connectivity index (χ0n) is 8.63. The molecule has 82 valence electrons. The number of nitrogens with zero attached hydrogens (tertiary/aromatic N) is 1. The van der Waals surface area contributed by atoms with E-state index in [4.69, 9.17) is 10.8 Å². The van der Waals surface area contributed by atoms with Gasteiger partial charge in [0.25, 0.3) is 0 Å². The average Bonchev–Trinajstić information content (AvgIpc) is 2.28. The third-order valence-corrected chi connectivity index (χ3v) is 2.44. The van der Waals surface area contributed by atoms with Crippen LogP contribution in [0.1, 0.15) is 5.56 Å². The first kappa shape index (κ1) is 10.6. The lowest BCUT2D eigenvalue weighted by atomic mass is 10.0. The molecule has 4 heteroatoms. The van der Waals surface area contributed by atoms with E-state index in [1.165, 1.54) is 0 Å². The van der Waals surface area contributed by atoms with Crippen LogP contribution in [0.5, 0.6) is 0 Å². The van der Waals surface area contributed by atoms with Gasteiger partial charge in [0, 0.05) is 11.6 Å². The van der Waals surface area contributed by atoms with Crippen molar-refractivity contribution in [2.75, 3.05) is 0 Å². The van der Waals surface area contributed by atoms with E-state index < -0.39 is 12.0 Å². The van der Waals surface area contributed by atoms with Crippen LogP contribution in [0.15, 0.2) is 36.5 Å². The average molecular weight is 216 g/mol. The van der Waals surface area contributed by atoms with Crippen molar-refractivity contribution in [3.05, 3.63) is 42.1 Å². The summed E-state index contributed by atoms with van der Waals surface area (Å²) >= 11 is 0. The van der Waals surface area contributed by atoms with Crippen LogP contribution < -0.4 is 5.73 Å². The summed E-state index contributed by atoms with van der Waals surface area (Å²) in [5, 5.41) is 9.72. The highest BCUT2D eigenvalue weighted by molar-refractivity contribution is 5.79. The van der Waals surface area contributed by atoms with Crippen molar-refractivity contribution in [1.82, 2.24) is 4.98 Å². The molecule has 1 heterocycles. The highest BCUT2D eigenvalue weighted by atomic mass is 16.4. The van der Waals surface area contributed by atoms with Gasteiger partial charge >= 0.3 is 5.97 Å². The molecule has 0 fully saturated rings. The largest absolute Gasteiger partial charge is 0.480 e. The van der Waals surface area contributed by atoms with Crippen molar-refractivity contribution >= 4 is 16.9 Å². The molecule has 2 aromatic rings. The van der Waals surface area contributed by atoms with Gasteiger partial charge in [0.1, 0.15) is 6.04 Å². The molecule has 0 aliphatic heterocycles. The number of carbonyl (C=O) groups is 1. The van der Waals surface area contributed by atoms with E-state index in [2.05, 4.69) is 4.98 Å². The fourth-order valence-corrected chi connectivity index (χ4v) is 1.59. The molecule has 16 heavy (non-hydrogen) atoms. The van der Waals surface area contributed by atoms with E-state index in [9.17, 15) is 4.79 Å². The Morgan fingerprint density at radius 2 is 2.25 bits per heavy atom. The predicted molar refractivity (Wildman–Crippen MR) is 61.1 cm³/mol. The number of aliphatic carboxylic acids is 1. The standard InChI is InChI=1S/C12H12N2O2/c13-10(12(15)16)7-8-3-4-11-9(6-8)2-1-5-14-11/h1-6,10H,7,13H2,(H,15,16)/t10-/m1/s1. The lowest BCUT2D eigenvalue weighted by molar-refractivity contribution is -0.138. The fourth-order valence-electron chi connectivity index (χ4n) is 1.59. The molecule has 0 spiro atoms. The molecule has 0 amide bonds. The maximum atomic E-state index is 10.6. The number of carboxylic acids is 1. The Morgan fingerprint density at radius 1 is 1.44 bits per heavy atom. The van der Waals surface area contributed by atoms with Crippen LogP contribution in [-0.2, 0) is 11.2 Å². The first-order chi connectivity index (χ1) is 7.66. The van der Waals surface area contributed by atoms with Crippen molar-refractivity contribution in [2.24, 2.45) is 5.73 Å². The summed E-state index contributed by atoms with van der Waals surface area (Å²) in [5.41, 5.74) is 7.29. The molecule has 0 bridgehead atoms. The molecular weight excluding hydrogens is 204 g/mol. The Balaban J connectivity index is 2.29. The van der Waals surface area contributed by atoms with E-state index in [0.29, 0.717) is 6.42 Å². The molecule has 0 saturated carbocycles. The van der Waals surface area contributed by atoms with E-state index in [0.717, 1.165) is 16.5 Å². The van der Waals surface area contributed by atoms with Crippen molar-refractivity contribution < 1.29 is 9.90 Å². The molecule has 2 rings (SSSR count). The van der Waals surface area contributed by atoms with E-state index in [1.807, 2.05) is 30.3 Å². The summed E-state index contributed by atoms with van der Waals surface area (Å²) in [6.45, 7) is 0. The second kappa shape index (κ2) is 4.28. The zero-order valence-corrected chi connectivity index (χ0v) is 8.63. The molecule has 1 aromatic carbocycles. The van der Waals surface area contributed by atoms with Crippen LogP contribution in [-0.4, -0.2) is 22.1 Å². The van der Waals surface area contributed by atoms with E-state index in [1.54, 1.807) is 6.20 Å². The van der Waals surface area contributed by atoms with Gasteiger partial charge in [-0.3, -0.25) is 9.78 Å². The number of benzene rings is 1. The third kappa shape index (κ3) is 2.17. The second-order valence-electron chi connectivity index (χ2n) is 3.68. The Hall–Kier alpha value is -1.94. The van der Waals surface area contributed by atoms with E-state index in [-0.39, 0.29) is 0 Å². The Kier molecular flexibility index (Phi) is 2.83. The van der Waals surface area contributed by atoms with Gasteiger partial charge in [-0.05, 0) is 30.2 Å². The van der Waals surface area contributed by atoms with Crippen molar-refractivity contribution in [3.63, 3.8) is 0 Å². The van der Waals surface area contributed by atoms with Gasteiger partial charge in [0.15, 0.2) is 0 Å². The Morgan fingerprint density at radius 3 is 3.00 bits per heavy atom. The zero-order chi connectivity index (χ0) is 11.5. The smallest absolute Gasteiger partial charge is 0.320 e. The lowest BCUT2D eigenvalue weighted by Gasteiger charge is -2.07. The van der Waals surface area contributed by atoms with E-state index >= 15 is 0 Å². The minimum Gasteiger partial charge on any atom is -0.480 e. The molecule has 3 N–H and O–H groups in total. The number of rotatable bonds is 3.